The number of nitrogen functional groups attached to an aromatic ring is 1. The third-order valence-corrected chi connectivity index (χ3v) is 10.1. The summed E-state index contributed by atoms with van der Waals surface area (Å²) in [6.45, 7) is 5.65. The van der Waals surface area contributed by atoms with Gasteiger partial charge in [-0.15, -0.1) is 0 Å². The molecule has 5 heterocycles. The molecule has 0 aromatic carbocycles. The standard InChI is InChI=1S/C23H32ClN7O3S2/c1-14-19(25)23(13-34-14)4-7-30(8-5-23)17-9-28-22(20(26)29-17)35-16-3-6-27-21(18(16)24)31-10-15(11-31)12-36(2,32)33/h3,6,9,14-15,19H,4-5,7-8,10-13,25H2,1-2H3,(H2,26,29)/t14-,19+/m0/s1. The van der Waals surface area contributed by atoms with Gasteiger partial charge < -0.3 is 26.0 Å². The van der Waals surface area contributed by atoms with Crippen LogP contribution in [0.5, 0.6) is 0 Å². The molecule has 0 unspecified atom stereocenters. The molecule has 196 valence electrons. The Bertz CT molecular complexity index is 1230. The Balaban J connectivity index is 1.23. The van der Waals surface area contributed by atoms with E-state index in [4.69, 9.17) is 27.8 Å². The lowest BCUT2D eigenvalue weighted by Gasteiger charge is -2.41. The van der Waals surface area contributed by atoms with Crippen molar-refractivity contribution in [3.63, 3.8) is 0 Å². The van der Waals surface area contributed by atoms with Gasteiger partial charge in [-0.05, 0) is 25.8 Å². The van der Waals surface area contributed by atoms with Gasteiger partial charge in [-0.25, -0.2) is 23.4 Å². The van der Waals surface area contributed by atoms with Crippen LogP contribution < -0.4 is 21.3 Å². The largest absolute Gasteiger partial charge is 0.381 e. The maximum absolute atomic E-state index is 11.5. The number of rotatable bonds is 6. The van der Waals surface area contributed by atoms with E-state index in [9.17, 15) is 8.42 Å². The quantitative estimate of drug-likeness (QED) is 0.543. The highest BCUT2D eigenvalue weighted by Crippen LogP contribution is 2.43. The van der Waals surface area contributed by atoms with Crippen LogP contribution in [0.25, 0.3) is 0 Å². The second-order valence-corrected chi connectivity index (χ2v) is 13.8. The Kier molecular flexibility index (Phi) is 7.01. The van der Waals surface area contributed by atoms with Gasteiger partial charge in [0.05, 0.1) is 29.7 Å². The zero-order valence-corrected chi connectivity index (χ0v) is 22.8. The summed E-state index contributed by atoms with van der Waals surface area (Å²) in [5.74, 6) is 2.00. The van der Waals surface area contributed by atoms with Crippen molar-refractivity contribution in [3.05, 3.63) is 23.5 Å². The lowest BCUT2D eigenvalue weighted by molar-refractivity contribution is 0.0974. The first-order valence-corrected chi connectivity index (χ1v) is 15.3. The molecule has 3 aliphatic heterocycles. The van der Waals surface area contributed by atoms with Crippen LogP contribution in [-0.4, -0.2) is 80.3 Å². The van der Waals surface area contributed by atoms with Gasteiger partial charge in [0.25, 0.3) is 0 Å². The molecule has 2 aromatic heterocycles. The van der Waals surface area contributed by atoms with E-state index in [2.05, 4.69) is 19.9 Å². The number of hydrogen-bond donors (Lipinski definition) is 2. The molecular weight excluding hydrogens is 522 g/mol. The van der Waals surface area contributed by atoms with Gasteiger partial charge in [-0.1, -0.05) is 23.4 Å². The Morgan fingerprint density at radius 1 is 1.25 bits per heavy atom. The van der Waals surface area contributed by atoms with Crippen molar-refractivity contribution in [3.8, 4) is 0 Å². The minimum absolute atomic E-state index is 0.0434. The maximum atomic E-state index is 11.5. The van der Waals surface area contributed by atoms with E-state index in [1.165, 1.54) is 18.0 Å². The summed E-state index contributed by atoms with van der Waals surface area (Å²) in [6, 6.07) is 1.88. The first-order chi connectivity index (χ1) is 17.0. The molecule has 1 spiro atoms. The number of pyridine rings is 1. The summed E-state index contributed by atoms with van der Waals surface area (Å²) in [5, 5.41) is 1.07. The first-order valence-electron chi connectivity index (χ1n) is 12.0. The highest BCUT2D eigenvalue weighted by atomic mass is 35.5. The third-order valence-electron chi connectivity index (χ3n) is 7.52. The average molecular weight is 554 g/mol. The molecule has 5 rings (SSSR count). The third kappa shape index (κ3) is 5.10. The van der Waals surface area contributed by atoms with E-state index >= 15 is 0 Å². The summed E-state index contributed by atoms with van der Waals surface area (Å²) in [6.07, 6.45) is 6.70. The number of piperidine rings is 1. The van der Waals surface area contributed by atoms with Gasteiger partial charge >= 0.3 is 0 Å². The highest BCUT2D eigenvalue weighted by Gasteiger charge is 2.47. The number of aromatic nitrogens is 3. The molecule has 4 N–H and O–H groups in total. The molecule has 3 fully saturated rings. The Morgan fingerprint density at radius 2 is 1.97 bits per heavy atom. The highest BCUT2D eigenvalue weighted by molar-refractivity contribution is 7.99. The number of sulfone groups is 1. The van der Waals surface area contributed by atoms with Gasteiger partial charge in [-0.3, -0.25) is 0 Å². The molecule has 0 aliphatic carbocycles. The van der Waals surface area contributed by atoms with E-state index in [-0.39, 0.29) is 29.2 Å². The Hall–Kier alpha value is -1.86. The Labute approximate surface area is 221 Å². The van der Waals surface area contributed by atoms with Crippen molar-refractivity contribution < 1.29 is 13.2 Å². The SMILES string of the molecule is C[C@@H]1OCC2(CCN(c3cnc(Sc4ccnc(N5CC(CS(C)(=O)=O)C5)c4Cl)c(N)n3)CC2)[C@@H]1N. The van der Waals surface area contributed by atoms with Crippen molar-refractivity contribution in [1.29, 1.82) is 0 Å². The van der Waals surface area contributed by atoms with Crippen molar-refractivity contribution in [2.75, 3.05) is 60.3 Å². The van der Waals surface area contributed by atoms with Gasteiger partial charge in [-0.2, -0.15) is 0 Å². The number of nitrogens with two attached hydrogens (primary N) is 2. The Morgan fingerprint density at radius 3 is 2.58 bits per heavy atom. The lowest BCUT2D eigenvalue weighted by atomic mass is 9.73. The summed E-state index contributed by atoms with van der Waals surface area (Å²) in [7, 11) is -3.00. The molecule has 2 atom stereocenters. The fraction of sp³-hybridized carbons (Fsp3) is 0.609. The van der Waals surface area contributed by atoms with Crippen molar-refractivity contribution in [2.45, 2.75) is 41.8 Å². The fourth-order valence-electron chi connectivity index (χ4n) is 5.36. The van der Waals surface area contributed by atoms with Crippen molar-refractivity contribution in [2.24, 2.45) is 17.1 Å². The molecule has 2 aromatic rings. The monoisotopic (exact) mass is 553 g/mol. The van der Waals surface area contributed by atoms with Gasteiger partial charge in [0.1, 0.15) is 26.5 Å². The minimum Gasteiger partial charge on any atom is -0.381 e. The first kappa shape index (κ1) is 25.8. The summed E-state index contributed by atoms with van der Waals surface area (Å²) in [4.78, 5) is 18.6. The fourth-order valence-corrected chi connectivity index (χ4v) is 7.55. The maximum Gasteiger partial charge on any atom is 0.158 e. The number of hydrogen-bond acceptors (Lipinski definition) is 11. The molecule has 0 saturated carbocycles. The van der Waals surface area contributed by atoms with Crippen LogP contribution in [0.15, 0.2) is 28.4 Å². The van der Waals surface area contributed by atoms with E-state index in [1.807, 2.05) is 17.9 Å². The smallest absolute Gasteiger partial charge is 0.158 e. The lowest BCUT2D eigenvalue weighted by Crippen LogP contribution is -2.50. The molecule has 0 amide bonds. The van der Waals surface area contributed by atoms with Crippen molar-refractivity contribution >= 4 is 50.7 Å². The topological polar surface area (TPSA) is 141 Å². The summed E-state index contributed by atoms with van der Waals surface area (Å²) < 4.78 is 28.9. The van der Waals surface area contributed by atoms with Crippen LogP contribution in [0, 0.1) is 11.3 Å². The second-order valence-electron chi connectivity index (χ2n) is 10.2. The molecule has 10 nitrogen and oxygen atoms in total. The van der Waals surface area contributed by atoms with Crippen LogP contribution >= 0.6 is 23.4 Å². The van der Waals surface area contributed by atoms with E-state index in [0.717, 1.165) is 43.3 Å². The van der Waals surface area contributed by atoms with Gasteiger partial charge in [0.15, 0.2) is 5.82 Å². The van der Waals surface area contributed by atoms with E-state index in [0.29, 0.717) is 34.8 Å². The zero-order chi connectivity index (χ0) is 25.7. The van der Waals surface area contributed by atoms with Gasteiger partial charge in [0.2, 0.25) is 0 Å². The number of nitrogens with zero attached hydrogens (tertiary/aromatic N) is 5. The van der Waals surface area contributed by atoms with Crippen LogP contribution in [-0.2, 0) is 14.6 Å². The van der Waals surface area contributed by atoms with Crippen LogP contribution in [0.2, 0.25) is 5.02 Å². The number of ether oxygens (including phenoxy) is 1. The molecule has 13 heteroatoms. The summed E-state index contributed by atoms with van der Waals surface area (Å²) >= 11 is 8.02. The van der Waals surface area contributed by atoms with Gasteiger partial charge in [0, 0.05) is 60.9 Å². The van der Waals surface area contributed by atoms with Crippen LogP contribution in [0.3, 0.4) is 0 Å². The van der Waals surface area contributed by atoms with Crippen LogP contribution in [0.4, 0.5) is 17.5 Å². The molecule has 0 bridgehead atoms. The molecule has 0 radical (unpaired) electrons. The predicted molar refractivity (Wildman–Crippen MR) is 142 cm³/mol. The van der Waals surface area contributed by atoms with Crippen LogP contribution in [0.1, 0.15) is 19.8 Å². The van der Waals surface area contributed by atoms with Crippen molar-refractivity contribution in [1.82, 2.24) is 15.0 Å². The molecule has 3 aliphatic rings. The van der Waals surface area contributed by atoms with E-state index in [1.54, 1.807) is 12.4 Å². The van der Waals surface area contributed by atoms with E-state index < -0.39 is 9.84 Å². The minimum atomic E-state index is -3.00. The molecule has 36 heavy (non-hydrogen) atoms. The second kappa shape index (κ2) is 9.79. The molecular formula is C23H32ClN7O3S2. The number of anilines is 3. The summed E-state index contributed by atoms with van der Waals surface area (Å²) in [5.41, 5.74) is 12.8. The molecule has 3 saturated heterocycles. The zero-order valence-electron chi connectivity index (χ0n) is 20.4. The average Bonchev–Trinajstić information content (AvgIpc) is 3.07. The number of halogens is 1. The predicted octanol–water partition coefficient (Wildman–Crippen LogP) is 2.07. The normalized spacial score (nSPS) is 24.3.